The maximum Gasteiger partial charge on any atom is 0.333 e. The van der Waals surface area contributed by atoms with Gasteiger partial charge in [-0.15, -0.1) is 12.4 Å². The fraction of sp³-hybridized carbons (Fsp3) is 0.867. The highest BCUT2D eigenvalue weighted by Gasteiger charge is 2.47. The summed E-state index contributed by atoms with van der Waals surface area (Å²) in [5, 5.41) is 3.14. The summed E-state index contributed by atoms with van der Waals surface area (Å²) in [6.45, 7) is 0.817. The van der Waals surface area contributed by atoms with E-state index in [-0.39, 0.29) is 24.2 Å². The number of esters is 1. The minimum atomic E-state index is -1.47. The van der Waals surface area contributed by atoms with Crippen LogP contribution in [0, 0.1) is 5.92 Å². The van der Waals surface area contributed by atoms with Crippen molar-refractivity contribution in [1.82, 2.24) is 5.32 Å². The van der Waals surface area contributed by atoms with Crippen molar-refractivity contribution in [1.29, 1.82) is 0 Å². The van der Waals surface area contributed by atoms with E-state index in [4.69, 9.17) is 10.5 Å². The van der Waals surface area contributed by atoms with Gasteiger partial charge >= 0.3 is 5.97 Å². The van der Waals surface area contributed by atoms with Crippen LogP contribution in [0.5, 0.6) is 0 Å². The lowest BCUT2D eigenvalue weighted by molar-refractivity contribution is -0.153. The summed E-state index contributed by atoms with van der Waals surface area (Å²) in [4.78, 5) is 24.8. The molecule has 1 saturated carbocycles. The molecule has 0 spiro atoms. The molecule has 0 unspecified atom stereocenters. The molecule has 1 aliphatic carbocycles. The van der Waals surface area contributed by atoms with Crippen LogP contribution in [0.15, 0.2) is 0 Å². The topological polar surface area (TPSA) is 81.4 Å². The first-order valence-electron chi connectivity index (χ1n) is 7.73. The van der Waals surface area contributed by atoms with E-state index in [0.29, 0.717) is 12.3 Å². The Morgan fingerprint density at radius 2 is 1.86 bits per heavy atom. The quantitative estimate of drug-likeness (QED) is 0.594. The number of hydrogen-bond acceptors (Lipinski definition) is 5. The van der Waals surface area contributed by atoms with E-state index in [0.717, 1.165) is 45.1 Å². The number of Topliss-reactive ketones (excluding diaryl/α,β-unsaturated/α-hetero) is 1. The fourth-order valence-corrected chi connectivity index (χ4v) is 3.53. The number of carbonyl (C=O) groups is 2. The largest absolute Gasteiger partial charge is 0.467 e. The van der Waals surface area contributed by atoms with Crippen molar-refractivity contribution in [3.8, 4) is 0 Å². The van der Waals surface area contributed by atoms with Gasteiger partial charge in [0.1, 0.15) is 0 Å². The van der Waals surface area contributed by atoms with Crippen LogP contribution in [0.3, 0.4) is 0 Å². The maximum absolute atomic E-state index is 12.7. The van der Waals surface area contributed by atoms with E-state index in [1.807, 2.05) is 0 Å². The van der Waals surface area contributed by atoms with E-state index in [9.17, 15) is 9.59 Å². The Hall–Kier alpha value is -0.650. The second kappa shape index (κ2) is 8.11. The van der Waals surface area contributed by atoms with Gasteiger partial charge in [0.05, 0.1) is 13.2 Å². The standard InChI is InChI=1S/C15H26N2O3.ClH/c1-20-14(19)15(16,10-11-6-3-2-4-7-11)13(18)12-8-5-9-17-12;/h11-12,17H,2-10,16H2,1H3;1H/t12-,15+;/m0./s1. The van der Waals surface area contributed by atoms with Gasteiger partial charge in [0.25, 0.3) is 0 Å². The molecule has 0 amide bonds. The van der Waals surface area contributed by atoms with Crippen LogP contribution in [0.2, 0.25) is 0 Å². The minimum Gasteiger partial charge on any atom is -0.467 e. The number of nitrogens with two attached hydrogens (primary N) is 1. The lowest BCUT2D eigenvalue weighted by Gasteiger charge is -2.33. The highest BCUT2D eigenvalue weighted by Crippen LogP contribution is 2.31. The molecule has 0 aromatic rings. The first-order valence-corrected chi connectivity index (χ1v) is 7.73. The third-order valence-corrected chi connectivity index (χ3v) is 4.70. The molecule has 1 saturated heterocycles. The van der Waals surface area contributed by atoms with Crippen molar-refractivity contribution in [2.45, 2.75) is 62.9 Å². The number of hydrogen-bond donors (Lipinski definition) is 2. The Labute approximate surface area is 132 Å². The number of halogens is 1. The van der Waals surface area contributed by atoms with Crippen LogP contribution in [0.1, 0.15) is 51.4 Å². The van der Waals surface area contributed by atoms with Gasteiger partial charge in [0.2, 0.25) is 0 Å². The van der Waals surface area contributed by atoms with Crippen molar-refractivity contribution in [3.05, 3.63) is 0 Å². The van der Waals surface area contributed by atoms with Crippen LogP contribution in [-0.4, -0.2) is 37.0 Å². The molecule has 5 nitrogen and oxygen atoms in total. The number of rotatable bonds is 5. The molecule has 0 aromatic carbocycles. The monoisotopic (exact) mass is 318 g/mol. The summed E-state index contributed by atoms with van der Waals surface area (Å²) in [6.07, 6.45) is 7.83. The normalized spacial score (nSPS) is 25.7. The number of ether oxygens (including phenoxy) is 1. The second-order valence-corrected chi connectivity index (χ2v) is 6.18. The summed E-state index contributed by atoms with van der Waals surface area (Å²) < 4.78 is 4.83. The van der Waals surface area contributed by atoms with E-state index in [1.165, 1.54) is 13.5 Å². The summed E-state index contributed by atoms with van der Waals surface area (Å²) in [7, 11) is 1.31. The Morgan fingerprint density at radius 1 is 1.19 bits per heavy atom. The molecular weight excluding hydrogens is 292 g/mol. The number of carbonyl (C=O) groups excluding carboxylic acids is 2. The van der Waals surface area contributed by atoms with Crippen LogP contribution in [0.4, 0.5) is 0 Å². The average molecular weight is 319 g/mol. The summed E-state index contributed by atoms with van der Waals surface area (Å²) >= 11 is 0. The Morgan fingerprint density at radius 3 is 2.38 bits per heavy atom. The molecule has 0 aromatic heterocycles. The maximum atomic E-state index is 12.7. The van der Waals surface area contributed by atoms with Crippen LogP contribution >= 0.6 is 12.4 Å². The molecule has 3 N–H and O–H groups in total. The molecule has 2 fully saturated rings. The second-order valence-electron chi connectivity index (χ2n) is 6.18. The summed E-state index contributed by atoms with van der Waals surface area (Å²) in [5.41, 5.74) is 4.77. The van der Waals surface area contributed by atoms with E-state index in [2.05, 4.69) is 5.32 Å². The molecule has 122 valence electrons. The number of methoxy groups -OCH3 is 1. The Bertz CT molecular complexity index is 366. The number of nitrogens with one attached hydrogen (secondary N) is 1. The van der Waals surface area contributed by atoms with E-state index < -0.39 is 11.5 Å². The van der Waals surface area contributed by atoms with Gasteiger partial charge in [-0.3, -0.25) is 4.79 Å². The van der Waals surface area contributed by atoms with Gasteiger partial charge in [-0.25, -0.2) is 4.79 Å². The third kappa shape index (κ3) is 4.18. The smallest absolute Gasteiger partial charge is 0.333 e. The fourth-order valence-electron chi connectivity index (χ4n) is 3.53. The summed E-state index contributed by atoms with van der Waals surface area (Å²) in [6, 6.07) is -0.289. The van der Waals surface area contributed by atoms with Crippen molar-refractivity contribution in [3.63, 3.8) is 0 Å². The third-order valence-electron chi connectivity index (χ3n) is 4.70. The zero-order valence-electron chi connectivity index (χ0n) is 12.7. The van der Waals surface area contributed by atoms with Crippen LogP contribution < -0.4 is 11.1 Å². The van der Waals surface area contributed by atoms with Crippen LogP contribution in [0.25, 0.3) is 0 Å². The zero-order chi connectivity index (χ0) is 14.6. The SMILES string of the molecule is COC(=O)[C@@](N)(CC1CCCCC1)C(=O)[C@@H]1CCCN1.Cl. The van der Waals surface area contributed by atoms with Crippen molar-refractivity contribution >= 4 is 24.2 Å². The molecule has 6 heteroatoms. The first kappa shape index (κ1) is 18.4. The predicted molar refractivity (Wildman–Crippen MR) is 83.4 cm³/mol. The highest BCUT2D eigenvalue weighted by atomic mass is 35.5. The highest BCUT2D eigenvalue weighted by molar-refractivity contribution is 6.10. The molecule has 2 aliphatic rings. The van der Waals surface area contributed by atoms with Gasteiger partial charge in [0.15, 0.2) is 11.3 Å². The molecule has 2 rings (SSSR count). The Kier molecular flexibility index (Phi) is 7.10. The van der Waals surface area contributed by atoms with Gasteiger partial charge in [0, 0.05) is 0 Å². The lowest BCUT2D eigenvalue weighted by Crippen LogP contribution is -2.61. The predicted octanol–water partition coefficient (Wildman–Crippen LogP) is 1.57. The molecule has 1 heterocycles. The summed E-state index contributed by atoms with van der Waals surface area (Å²) in [5.74, 6) is -0.410. The Balaban J connectivity index is 0.00000220. The van der Waals surface area contributed by atoms with Crippen molar-refractivity contribution in [2.75, 3.05) is 13.7 Å². The average Bonchev–Trinajstić information content (AvgIpc) is 3.00. The minimum absolute atomic E-state index is 0. The molecular formula is C15H27ClN2O3. The van der Waals surface area contributed by atoms with Crippen LogP contribution in [-0.2, 0) is 14.3 Å². The zero-order valence-corrected chi connectivity index (χ0v) is 13.5. The van der Waals surface area contributed by atoms with E-state index in [1.54, 1.807) is 0 Å². The van der Waals surface area contributed by atoms with Gasteiger partial charge in [-0.1, -0.05) is 32.1 Å². The van der Waals surface area contributed by atoms with Gasteiger partial charge < -0.3 is 15.8 Å². The molecule has 1 aliphatic heterocycles. The molecule has 21 heavy (non-hydrogen) atoms. The molecule has 0 bridgehead atoms. The number of ketones is 1. The van der Waals surface area contributed by atoms with Gasteiger partial charge in [-0.05, 0) is 31.7 Å². The molecule has 0 radical (unpaired) electrons. The molecule has 2 atom stereocenters. The van der Waals surface area contributed by atoms with Gasteiger partial charge in [-0.2, -0.15) is 0 Å². The lowest BCUT2D eigenvalue weighted by atomic mass is 9.76. The first-order chi connectivity index (χ1) is 9.58. The van der Waals surface area contributed by atoms with Crippen molar-refractivity contribution in [2.24, 2.45) is 11.7 Å². The van der Waals surface area contributed by atoms with Crippen molar-refractivity contribution < 1.29 is 14.3 Å². The van der Waals surface area contributed by atoms with E-state index >= 15 is 0 Å².